The maximum atomic E-state index is 16.3. The number of aromatic amines is 1. The summed E-state index contributed by atoms with van der Waals surface area (Å²) >= 11 is 0. The maximum absolute atomic E-state index is 16.3. The molecule has 5 aliphatic heterocycles. The van der Waals surface area contributed by atoms with Crippen molar-refractivity contribution >= 4 is 40.4 Å². The molecule has 1 spiro atoms. The second-order valence-electron chi connectivity index (χ2n) is 18.3. The Kier molecular flexibility index (Phi) is 9.93. The minimum atomic E-state index is -2.55. The zero-order valence-electron chi connectivity index (χ0n) is 34.2. The first-order chi connectivity index (χ1) is 29.4. The molecule has 1 aliphatic carbocycles. The smallest absolute Gasteiger partial charge is 0.262 e. The number of para-hydroxylation sites is 1. The summed E-state index contributed by atoms with van der Waals surface area (Å²) in [4.78, 5) is 74.5. The summed E-state index contributed by atoms with van der Waals surface area (Å²) < 4.78 is 44.2. The molecule has 11 nitrogen and oxygen atoms in total. The van der Waals surface area contributed by atoms with Crippen LogP contribution < -0.4 is 5.32 Å². The lowest BCUT2D eigenvalue weighted by Gasteiger charge is -2.46. The quantitative estimate of drug-likeness (QED) is 0.201. The normalized spacial score (nSPS) is 24.5. The second kappa shape index (κ2) is 15.2. The summed E-state index contributed by atoms with van der Waals surface area (Å²) in [7, 11) is 0. The van der Waals surface area contributed by atoms with Gasteiger partial charge in [0, 0.05) is 60.8 Å². The van der Waals surface area contributed by atoms with Crippen LogP contribution in [0, 0.1) is 11.2 Å². The number of H-pyrrole nitrogens is 1. The van der Waals surface area contributed by atoms with Crippen molar-refractivity contribution in [3.8, 4) is 0 Å². The number of alkyl halides is 2. The van der Waals surface area contributed by atoms with Gasteiger partial charge in [-0.25, -0.2) is 13.2 Å². The summed E-state index contributed by atoms with van der Waals surface area (Å²) in [5, 5.41) is 3.28. The van der Waals surface area contributed by atoms with Crippen LogP contribution in [0.25, 0.3) is 10.9 Å². The number of hydrogen-bond donors (Lipinski definition) is 2. The lowest BCUT2D eigenvalue weighted by Crippen LogP contribution is -2.54. The van der Waals surface area contributed by atoms with Crippen LogP contribution in [-0.4, -0.2) is 98.8 Å². The molecule has 2 saturated heterocycles. The van der Waals surface area contributed by atoms with Crippen LogP contribution in [0.15, 0.2) is 54.6 Å². The Hall–Kier alpha value is -5.34. The summed E-state index contributed by atoms with van der Waals surface area (Å²) in [6.45, 7) is 4.00. The summed E-state index contributed by atoms with van der Waals surface area (Å²) in [5.74, 6) is -2.25. The van der Waals surface area contributed by atoms with Crippen LogP contribution in [0.5, 0.6) is 0 Å². The molecule has 0 radical (unpaired) electrons. The van der Waals surface area contributed by atoms with Crippen LogP contribution in [-0.2, 0) is 33.9 Å². The molecule has 5 amide bonds. The fourth-order valence-corrected chi connectivity index (χ4v) is 11.4. The van der Waals surface area contributed by atoms with Crippen molar-refractivity contribution in [1.29, 1.82) is 0 Å². The Balaban J connectivity index is 0.747. The van der Waals surface area contributed by atoms with E-state index in [1.165, 1.54) is 0 Å². The molecule has 3 aromatic carbocycles. The monoisotopic (exact) mass is 834 g/mol. The van der Waals surface area contributed by atoms with Gasteiger partial charge in [0.1, 0.15) is 11.9 Å². The number of halogens is 3. The van der Waals surface area contributed by atoms with Gasteiger partial charge in [-0.2, -0.15) is 0 Å². The molecule has 61 heavy (non-hydrogen) atoms. The number of carbonyl (C=O) groups excluding carboxylic acids is 5. The van der Waals surface area contributed by atoms with E-state index < -0.39 is 48.7 Å². The standard InChI is InChI=1S/C47H49F3N6O5/c1-26-18-33-31-4-2-3-5-37(31)51-42(33)43(55(26)24-39(49)50)32-7-6-28(21-36(32)48)27-10-12-47(13-11-27)14-16-54(17-15-47)41(58)25-53-22-29-19-34-35(20-30(29)23-53)46(61)56(45(34)60)38-8-9-40(57)52-44(38)59/h2-7,19-21,26-27,38-39,43,51H,8-18,22-25H2,1H3,(H,52,57,59)/t26-,38?,43-/m1/s1. The number of imide groups is 2. The van der Waals surface area contributed by atoms with E-state index >= 15 is 4.39 Å². The van der Waals surface area contributed by atoms with Crippen LogP contribution in [0.3, 0.4) is 0 Å². The summed E-state index contributed by atoms with van der Waals surface area (Å²) in [5.41, 5.74) is 6.53. The highest BCUT2D eigenvalue weighted by Gasteiger charge is 2.46. The van der Waals surface area contributed by atoms with E-state index in [9.17, 15) is 32.8 Å². The molecule has 1 saturated carbocycles. The van der Waals surface area contributed by atoms with Crippen molar-refractivity contribution in [2.45, 2.75) is 108 Å². The molecule has 3 atom stereocenters. The zero-order chi connectivity index (χ0) is 42.3. The predicted molar refractivity (Wildman–Crippen MR) is 219 cm³/mol. The molecular formula is C47H49F3N6O5. The number of hydrogen-bond acceptors (Lipinski definition) is 7. The van der Waals surface area contributed by atoms with Crippen LogP contribution in [0.4, 0.5) is 13.2 Å². The van der Waals surface area contributed by atoms with Gasteiger partial charge in [-0.3, -0.25) is 44.0 Å². The topological polar surface area (TPSA) is 126 Å². The Morgan fingerprint density at radius 1 is 0.885 bits per heavy atom. The predicted octanol–water partition coefficient (Wildman–Crippen LogP) is 6.59. The van der Waals surface area contributed by atoms with Crippen molar-refractivity contribution in [3.63, 3.8) is 0 Å². The lowest BCUT2D eigenvalue weighted by atomic mass is 9.64. The largest absolute Gasteiger partial charge is 0.357 e. The molecule has 2 N–H and O–H groups in total. The minimum absolute atomic E-state index is 0.0506. The van der Waals surface area contributed by atoms with Gasteiger partial charge in [-0.15, -0.1) is 0 Å². The SMILES string of the molecule is C[C@@H]1Cc2c([nH]c3ccccc23)[C@@H](c2ccc(C3CCC4(CC3)CCN(C(=O)CN3Cc5cc6c(cc5C3)C(=O)N(C3CCC(=O)NC3=O)C6=O)CC4)cc2F)N1CC(F)F. The van der Waals surface area contributed by atoms with Gasteiger partial charge in [-0.05, 0) is 116 Å². The maximum Gasteiger partial charge on any atom is 0.262 e. The number of fused-ring (bicyclic) bond motifs is 5. The molecular weight excluding hydrogens is 786 g/mol. The first kappa shape index (κ1) is 39.8. The van der Waals surface area contributed by atoms with Gasteiger partial charge in [0.15, 0.2) is 0 Å². The van der Waals surface area contributed by atoms with E-state index in [4.69, 9.17) is 0 Å². The van der Waals surface area contributed by atoms with Crippen LogP contribution in [0.2, 0.25) is 0 Å². The molecule has 1 aromatic heterocycles. The number of aromatic nitrogens is 1. The number of nitrogens with zero attached hydrogens (tertiary/aromatic N) is 4. The molecule has 318 valence electrons. The number of piperidine rings is 2. The molecule has 0 bridgehead atoms. The van der Waals surface area contributed by atoms with Crippen molar-refractivity contribution in [2.75, 3.05) is 26.2 Å². The van der Waals surface area contributed by atoms with E-state index in [-0.39, 0.29) is 59.6 Å². The highest BCUT2D eigenvalue weighted by Crippen LogP contribution is 2.50. The van der Waals surface area contributed by atoms with Gasteiger partial charge in [0.05, 0.1) is 30.3 Å². The Morgan fingerprint density at radius 2 is 1.57 bits per heavy atom. The number of carbonyl (C=O) groups is 5. The molecule has 6 heterocycles. The lowest BCUT2D eigenvalue weighted by molar-refractivity contribution is -0.137. The van der Waals surface area contributed by atoms with E-state index in [2.05, 4.69) is 10.3 Å². The number of nitrogens with one attached hydrogen (secondary N) is 2. The third kappa shape index (κ3) is 6.95. The van der Waals surface area contributed by atoms with E-state index in [0.29, 0.717) is 38.2 Å². The number of likely N-dealkylation sites (tertiary alicyclic amines) is 1. The molecule has 4 aromatic rings. The zero-order valence-corrected chi connectivity index (χ0v) is 34.2. The van der Waals surface area contributed by atoms with E-state index in [1.54, 1.807) is 23.1 Å². The van der Waals surface area contributed by atoms with Crippen LogP contribution in [0.1, 0.15) is 124 Å². The number of rotatable bonds is 7. The average Bonchev–Trinajstić information content (AvgIpc) is 3.88. The van der Waals surface area contributed by atoms with E-state index in [1.807, 2.05) is 53.1 Å². The van der Waals surface area contributed by atoms with Crippen molar-refractivity contribution < 1.29 is 37.1 Å². The molecule has 10 rings (SSSR count). The Morgan fingerprint density at radius 3 is 2.23 bits per heavy atom. The summed E-state index contributed by atoms with van der Waals surface area (Å²) in [6, 6.07) is 14.9. The Labute approximate surface area is 351 Å². The van der Waals surface area contributed by atoms with Gasteiger partial charge < -0.3 is 9.88 Å². The molecule has 1 unspecified atom stereocenters. The first-order valence-electron chi connectivity index (χ1n) is 21.7. The van der Waals surface area contributed by atoms with Gasteiger partial charge >= 0.3 is 0 Å². The third-order valence-corrected chi connectivity index (χ3v) is 14.8. The molecule has 14 heteroatoms. The fraction of sp³-hybridized carbons (Fsp3) is 0.468. The first-order valence-corrected chi connectivity index (χ1v) is 21.7. The Bertz CT molecular complexity index is 2440. The third-order valence-electron chi connectivity index (χ3n) is 14.8. The highest BCUT2D eigenvalue weighted by molar-refractivity contribution is 6.23. The summed E-state index contributed by atoms with van der Waals surface area (Å²) in [6.07, 6.45) is 3.87. The molecule has 6 aliphatic rings. The molecule has 3 fully saturated rings. The second-order valence-corrected chi connectivity index (χ2v) is 18.3. The van der Waals surface area contributed by atoms with E-state index in [0.717, 1.165) is 82.3 Å². The average molecular weight is 835 g/mol. The van der Waals surface area contributed by atoms with Crippen molar-refractivity contribution in [1.82, 2.24) is 29.9 Å². The van der Waals surface area contributed by atoms with Gasteiger partial charge in [0.25, 0.3) is 18.2 Å². The van der Waals surface area contributed by atoms with Crippen LogP contribution >= 0.6 is 0 Å². The van der Waals surface area contributed by atoms with Gasteiger partial charge in [0.2, 0.25) is 17.7 Å². The number of benzene rings is 3. The fourth-order valence-electron chi connectivity index (χ4n) is 11.4. The van der Waals surface area contributed by atoms with Gasteiger partial charge in [-0.1, -0.05) is 30.3 Å². The highest BCUT2D eigenvalue weighted by atomic mass is 19.3. The minimum Gasteiger partial charge on any atom is -0.357 e. The van der Waals surface area contributed by atoms with Crippen molar-refractivity contribution in [3.05, 3.63) is 105 Å². The van der Waals surface area contributed by atoms with Crippen molar-refractivity contribution in [2.24, 2.45) is 5.41 Å². The number of amides is 5.